The fraction of sp³-hybridized carbons (Fsp3) is 0.217. The van der Waals surface area contributed by atoms with Crippen LogP contribution >= 0.6 is 0 Å². The van der Waals surface area contributed by atoms with Crippen molar-refractivity contribution in [1.82, 2.24) is 9.55 Å². The molecule has 0 fully saturated rings. The minimum absolute atomic E-state index is 0.0517. The molecule has 0 saturated heterocycles. The normalized spacial score (nSPS) is 17.1. The maximum absolute atomic E-state index is 8.92. The van der Waals surface area contributed by atoms with Gasteiger partial charge in [0.05, 0.1) is 41.8 Å². The summed E-state index contributed by atoms with van der Waals surface area (Å²) in [6.45, 7) is 20.9. The molecule has 0 aliphatic heterocycles. The van der Waals surface area contributed by atoms with Crippen LogP contribution in [0.15, 0.2) is 176 Å². The molecule has 65 heavy (non-hydrogen) atoms. The summed E-state index contributed by atoms with van der Waals surface area (Å²) < 4.78 is 95.2. The second-order valence-corrected chi connectivity index (χ2v) is 19.6. The number of anilines is 4. The highest BCUT2D eigenvalue weighted by Gasteiger charge is 2.57. The third-order valence-electron chi connectivity index (χ3n) is 14.3. The lowest BCUT2D eigenvalue weighted by Gasteiger charge is -2.44. The van der Waals surface area contributed by atoms with Crippen LogP contribution in [0.3, 0.4) is 0 Å². The van der Waals surface area contributed by atoms with Crippen molar-refractivity contribution >= 4 is 44.6 Å². The van der Waals surface area contributed by atoms with E-state index in [9.17, 15) is 0 Å². The first-order valence-electron chi connectivity index (χ1n) is 27.1. The van der Waals surface area contributed by atoms with Crippen molar-refractivity contribution in [3.05, 3.63) is 193 Å². The SMILES string of the molecule is [2H]c1c([2H])c([2H])c(-c2cccc(-c3c([2H])c([2H])c([2H])c([2H])c3[2H])c2Nc2ccccc2Nc2cccc(Oc3ccc4c5c6c(ccc5n(-c5cc(C(C)(C)C)ccn5)c4c3)C(C)(C)C(C)(C)C6(C)C)c2)c([2H])c1[2H]. The Bertz CT molecular complexity index is 3710. The molecule has 2 N–H and O–H groups in total. The molecule has 0 radical (unpaired) electrons. The average Bonchev–Trinajstić information content (AvgIpc) is 3.75. The number of fused-ring (bicyclic) bond motifs is 5. The van der Waals surface area contributed by atoms with Crippen molar-refractivity contribution in [2.45, 2.75) is 78.6 Å². The van der Waals surface area contributed by atoms with Crippen LogP contribution in [0.4, 0.5) is 22.7 Å². The fourth-order valence-electron chi connectivity index (χ4n) is 9.64. The number of pyridine rings is 1. The zero-order chi connectivity index (χ0) is 54.0. The van der Waals surface area contributed by atoms with Gasteiger partial charge in [-0.3, -0.25) is 4.57 Å². The number of benzene rings is 7. The molecular weight excluding hydrogens is 793 g/mol. The molecule has 5 heteroatoms. The third-order valence-corrected chi connectivity index (χ3v) is 14.3. The zero-order valence-electron chi connectivity index (χ0n) is 48.3. The van der Waals surface area contributed by atoms with Crippen LogP contribution in [-0.2, 0) is 16.2 Å². The number of aromatic nitrogens is 2. The van der Waals surface area contributed by atoms with E-state index in [2.05, 4.69) is 114 Å². The quantitative estimate of drug-likeness (QED) is 0.152. The van der Waals surface area contributed by atoms with Gasteiger partial charge in [0.15, 0.2) is 0 Å². The first kappa shape index (κ1) is 31.7. The summed E-state index contributed by atoms with van der Waals surface area (Å²) in [6, 6.07) is 29.5. The Morgan fingerprint density at radius 1 is 0.600 bits per heavy atom. The summed E-state index contributed by atoms with van der Waals surface area (Å²) >= 11 is 0. The summed E-state index contributed by atoms with van der Waals surface area (Å²) in [7, 11) is 0. The van der Waals surface area contributed by atoms with Crippen LogP contribution in [0.25, 0.3) is 49.9 Å². The molecule has 0 spiro atoms. The van der Waals surface area contributed by atoms with Crippen LogP contribution in [0.1, 0.15) is 92.7 Å². The maximum atomic E-state index is 8.92. The van der Waals surface area contributed by atoms with Gasteiger partial charge in [0.1, 0.15) is 17.3 Å². The van der Waals surface area contributed by atoms with Gasteiger partial charge in [-0.15, -0.1) is 0 Å². The standard InChI is InChI=1S/C60H58N4O/c1-57(2,3)41-34-35-61-53(36-41)64-51-33-32-48-55(59(6,7)60(8,9)58(48,4)5)54(51)47-31-30-44(38-52(47)64)65-43-25-18-24-42(37-43)62-49-28-16-17-29-50(49)63-56-45(39-20-12-10-13-21-39)26-19-27-46(56)40-22-14-11-15-23-40/h10-38,62-63H,1-9H3/i10D,11D,12D,13D,14D,15D,20D,21D,22D,23D. The summed E-state index contributed by atoms with van der Waals surface area (Å²) in [5.41, 5.74) is 7.46. The Kier molecular flexibility index (Phi) is 7.58. The molecule has 0 atom stereocenters. The molecule has 324 valence electrons. The molecule has 1 aliphatic rings. The fourth-order valence-corrected chi connectivity index (χ4v) is 9.64. The van der Waals surface area contributed by atoms with Gasteiger partial charge in [-0.1, -0.05) is 165 Å². The number of ether oxygens (including phenoxy) is 1. The molecule has 0 unspecified atom stereocenters. The van der Waals surface area contributed by atoms with Crippen LogP contribution in [-0.4, -0.2) is 9.55 Å². The van der Waals surface area contributed by atoms with Crippen LogP contribution in [0.2, 0.25) is 0 Å². The van der Waals surface area contributed by atoms with Crippen molar-refractivity contribution in [1.29, 1.82) is 0 Å². The molecule has 0 saturated carbocycles. The van der Waals surface area contributed by atoms with Gasteiger partial charge in [-0.25, -0.2) is 4.98 Å². The number of hydrogen-bond acceptors (Lipinski definition) is 4. The maximum Gasteiger partial charge on any atom is 0.137 e. The first-order chi connectivity index (χ1) is 35.3. The van der Waals surface area contributed by atoms with E-state index in [-0.39, 0.29) is 49.6 Å². The molecule has 0 bridgehead atoms. The van der Waals surface area contributed by atoms with E-state index < -0.39 is 60.4 Å². The van der Waals surface area contributed by atoms with Crippen LogP contribution in [0.5, 0.6) is 11.5 Å². The van der Waals surface area contributed by atoms with Crippen LogP contribution in [0, 0.1) is 5.41 Å². The Labute approximate surface area is 398 Å². The third kappa shape index (κ3) is 7.05. The molecule has 1 aliphatic carbocycles. The van der Waals surface area contributed by atoms with Gasteiger partial charge in [-0.05, 0) is 104 Å². The van der Waals surface area contributed by atoms with Crippen molar-refractivity contribution in [3.8, 4) is 39.6 Å². The number of para-hydroxylation sites is 3. The topological polar surface area (TPSA) is 51.1 Å². The van der Waals surface area contributed by atoms with Gasteiger partial charge in [0.2, 0.25) is 0 Å². The average molecular weight is 861 g/mol. The van der Waals surface area contributed by atoms with Gasteiger partial charge in [0, 0.05) is 45.9 Å². The van der Waals surface area contributed by atoms with E-state index in [1.54, 1.807) is 30.3 Å². The number of nitrogens with zero attached hydrogens (tertiary/aromatic N) is 2. The Balaban J connectivity index is 1.06. The lowest BCUT2D eigenvalue weighted by Crippen LogP contribution is -2.42. The van der Waals surface area contributed by atoms with E-state index in [0.717, 1.165) is 22.2 Å². The lowest BCUT2D eigenvalue weighted by molar-refractivity contribution is 0.125. The largest absolute Gasteiger partial charge is 0.457 e. The van der Waals surface area contributed by atoms with E-state index >= 15 is 0 Å². The first-order valence-corrected chi connectivity index (χ1v) is 22.1. The smallest absolute Gasteiger partial charge is 0.137 e. The van der Waals surface area contributed by atoms with Gasteiger partial charge in [-0.2, -0.15) is 0 Å². The highest BCUT2D eigenvalue weighted by molar-refractivity contribution is 6.12. The summed E-state index contributed by atoms with van der Waals surface area (Å²) in [5.74, 6) is 2.00. The molecule has 2 heterocycles. The monoisotopic (exact) mass is 861 g/mol. The van der Waals surface area contributed by atoms with Crippen molar-refractivity contribution in [2.24, 2.45) is 5.41 Å². The zero-order valence-corrected chi connectivity index (χ0v) is 38.3. The summed E-state index contributed by atoms with van der Waals surface area (Å²) in [5, 5.41) is 9.24. The highest BCUT2D eigenvalue weighted by Crippen LogP contribution is 2.63. The van der Waals surface area contributed by atoms with E-state index in [4.69, 9.17) is 23.4 Å². The minimum Gasteiger partial charge on any atom is -0.457 e. The van der Waals surface area contributed by atoms with Crippen LogP contribution < -0.4 is 15.4 Å². The van der Waals surface area contributed by atoms with Crippen molar-refractivity contribution < 1.29 is 18.4 Å². The Morgan fingerprint density at radius 3 is 1.89 bits per heavy atom. The van der Waals surface area contributed by atoms with Crippen molar-refractivity contribution in [3.63, 3.8) is 0 Å². The Hall–Kier alpha value is -7.11. The molecule has 10 rings (SSSR count). The second kappa shape index (κ2) is 15.6. The number of hydrogen-bond donors (Lipinski definition) is 2. The number of rotatable bonds is 9. The lowest BCUT2D eigenvalue weighted by atomic mass is 9.59. The predicted octanol–water partition coefficient (Wildman–Crippen LogP) is 16.7. The van der Waals surface area contributed by atoms with Gasteiger partial charge in [0.25, 0.3) is 0 Å². The van der Waals surface area contributed by atoms with Gasteiger partial charge >= 0.3 is 0 Å². The van der Waals surface area contributed by atoms with E-state index in [1.165, 1.54) is 22.1 Å². The van der Waals surface area contributed by atoms with Gasteiger partial charge < -0.3 is 15.4 Å². The molecule has 9 aromatic rings. The predicted molar refractivity (Wildman–Crippen MR) is 274 cm³/mol. The molecule has 7 aromatic carbocycles. The van der Waals surface area contributed by atoms with Crippen molar-refractivity contribution in [2.75, 3.05) is 10.6 Å². The highest BCUT2D eigenvalue weighted by atomic mass is 16.5. The second-order valence-electron chi connectivity index (χ2n) is 19.6. The van der Waals surface area contributed by atoms with E-state index in [0.29, 0.717) is 28.6 Å². The number of nitrogens with one attached hydrogen (secondary N) is 2. The molecule has 2 aromatic heterocycles. The summed E-state index contributed by atoms with van der Waals surface area (Å²) in [4.78, 5) is 4.99. The molecule has 5 nitrogen and oxygen atoms in total. The summed E-state index contributed by atoms with van der Waals surface area (Å²) in [6.07, 6.45) is 1.89. The van der Waals surface area contributed by atoms with E-state index in [1.807, 2.05) is 48.7 Å². The Morgan fingerprint density at radius 2 is 1.23 bits per heavy atom. The molecular formula is C60H58N4O. The molecule has 0 amide bonds. The minimum atomic E-state index is -0.561.